The number of nitrogens with one attached hydrogen (secondary N) is 1. The largest absolute Gasteiger partial charge is 0.280 e. The van der Waals surface area contributed by atoms with Crippen LogP contribution in [0.4, 0.5) is 10.1 Å². The zero-order valence-corrected chi connectivity index (χ0v) is 17.4. The first-order chi connectivity index (χ1) is 12.5. The number of anilines is 1. The molecule has 0 fully saturated rings. The van der Waals surface area contributed by atoms with Crippen LogP contribution in [0, 0.1) is 12.7 Å². The van der Waals surface area contributed by atoms with Crippen molar-refractivity contribution in [2.75, 3.05) is 17.8 Å². The van der Waals surface area contributed by atoms with E-state index < -0.39 is 25.9 Å². The Morgan fingerprint density at radius 2 is 1.67 bits per heavy atom. The van der Waals surface area contributed by atoms with Gasteiger partial charge in [-0.3, -0.25) is 4.72 Å². The van der Waals surface area contributed by atoms with E-state index in [9.17, 15) is 21.2 Å². The van der Waals surface area contributed by atoms with E-state index in [0.717, 1.165) is 12.1 Å². The van der Waals surface area contributed by atoms with Crippen molar-refractivity contribution in [3.8, 4) is 0 Å². The maximum absolute atomic E-state index is 13.7. The average molecular weight is 435 g/mol. The highest BCUT2D eigenvalue weighted by atomic mass is 35.5. The molecule has 148 valence electrons. The zero-order valence-electron chi connectivity index (χ0n) is 15.0. The van der Waals surface area contributed by atoms with Gasteiger partial charge in [0.15, 0.2) is 0 Å². The number of nitrogens with zero attached hydrogens (tertiary/aromatic N) is 1. The van der Waals surface area contributed by atoms with Crippen LogP contribution in [0.1, 0.15) is 19.4 Å². The lowest BCUT2D eigenvalue weighted by Crippen LogP contribution is -2.30. The minimum atomic E-state index is -4.10. The minimum Gasteiger partial charge on any atom is -0.280 e. The fourth-order valence-corrected chi connectivity index (χ4v) is 5.44. The predicted molar refractivity (Wildman–Crippen MR) is 104 cm³/mol. The average Bonchev–Trinajstić information content (AvgIpc) is 2.59. The number of hydrogen-bond donors (Lipinski definition) is 1. The molecule has 0 atom stereocenters. The molecular weight excluding hydrogens is 415 g/mol. The Labute approximate surface area is 164 Å². The molecular formula is C17H20ClFN2O4S2. The van der Waals surface area contributed by atoms with Gasteiger partial charge in [0.2, 0.25) is 10.0 Å². The minimum absolute atomic E-state index is 0.00566. The first-order valence-corrected chi connectivity index (χ1v) is 11.4. The molecule has 1 N–H and O–H groups in total. The third-order valence-electron chi connectivity index (χ3n) is 3.96. The third-order valence-corrected chi connectivity index (χ3v) is 7.87. The molecule has 6 nitrogen and oxygen atoms in total. The highest BCUT2D eigenvalue weighted by Gasteiger charge is 2.25. The summed E-state index contributed by atoms with van der Waals surface area (Å²) in [7, 11) is -7.98. The van der Waals surface area contributed by atoms with E-state index in [1.807, 2.05) is 0 Å². The van der Waals surface area contributed by atoms with E-state index in [1.165, 1.54) is 35.5 Å². The second kappa shape index (κ2) is 8.14. The lowest BCUT2D eigenvalue weighted by Gasteiger charge is -2.20. The van der Waals surface area contributed by atoms with Crippen LogP contribution >= 0.6 is 11.6 Å². The van der Waals surface area contributed by atoms with Crippen LogP contribution in [0.25, 0.3) is 0 Å². The van der Waals surface area contributed by atoms with Crippen molar-refractivity contribution >= 4 is 37.3 Å². The summed E-state index contributed by atoms with van der Waals surface area (Å²) in [6.45, 7) is 5.38. The summed E-state index contributed by atoms with van der Waals surface area (Å²) in [6, 6.07) is 7.31. The van der Waals surface area contributed by atoms with E-state index in [2.05, 4.69) is 4.72 Å². The molecule has 0 spiro atoms. The van der Waals surface area contributed by atoms with Gasteiger partial charge in [0.25, 0.3) is 10.0 Å². The van der Waals surface area contributed by atoms with Crippen LogP contribution < -0.4 is 4.72 Å². The van der Waals surface area contributed by atoms with Crippen molar-refractivity contribution in [3.63, 3.8) is 0 Å². The molecule has 0 heterocycles. The SMILES string of the molecule is CCN(CC)S(=O)(=O)c1cc(NS(=O)(=O)c2ccc(C)c(F)c2)ccc1Cl. The van der Waals surface area contributed by atoms with Crippen LogP contribution in [0.2, 0.25) is 5.02 Å². The summed E-state index contributed by atoms with van der Waals surface area (Å²) in [5.74, 6) is -0.654. The lowest BCUT2D eigenvalue weighted by molar-refractivity contribution is 0.445. The van der Waals surface area contributed by atoms with Crippen molar-refractivity contribution < 1.29 is 21.2 Å². The van der Waals surface area contributed by atoms with Crippen molar-refractivity contribution in [2.24, 2.45) is 0 Å². The Balaban J connectivity index is 2.45. The summed E-state index contributed by atoms with van der Waals surface area (Å²) in [4.78, 5) is -0.475. The number of benzene rings is 2. The second-order valence-electron chi connectivity index (χ2n) is 5.75. The highest BCUT2D eigenvalue weighted by molar-refractivity contribution is 7.92. The monoisotopic (exact) mass is 434 g/mol. The first kappa shape index (κ1) is 21.6. The van der Waals surface area contributed by atoms with Gasteiger partial charge in [0.05, 0.1) is 15.6 Å². The Kier molecular flexibility index (Phi) is 6.51. The van der Waals surface area contributed by atoms with Gasteiger partial charge < -0.3 is 0 Å². The Morgan fingerprint density at radius 3 is 2.22 bits per heavy atom. The molecule has 0 aliphatic rings. The highest BCUT2D eigenvalue weighted by Crippen LogP contribution is 2.29. The molecule has 0 saturated heterocycles. The fourth-order valence-electron chi connectivity index (χ4n) is 2.42. The van der Waals surface area contributed by atoms with Crippen molar-refractivity contribution in [1.82, 2.24) is 4.31 Å². The standard InChI is InChI=1S/C17H20ClFN2O4S2/c1-4-21(5-2)27(24,25)17-10-13(7-9-15(17)18)20-26(22,23)14-8-6-12(3)16(19)11-14/h6-11,20H,4-5H2,1-3H3. The van der Waals surface area contributed by atoms with Crippen molar-refractivity contribution in [2.45, 2.75) is 30.6 Å². The van der Waals surface area contributed by atoms with Crippen molar-refractivity contribution in [3.05, 3.63) is 52.8 Å². The molecule has 0 radical (unpaired) electrons. The molecule has 2 aromatic carbocycles. The second-order valence-corrected chi connectivity index (χ2v) is 9.75. The van der Waals surface area contributed by atoms with Crippen LogP contribution in [-0.4, -0.2) is 34.2 Å². The van der Waals surface area contributed by atoms with E-state index in [-0.39, 0.29) is 33.6 Å². The molecule has 0 bridgehead atoms. The molecule has 0 aliphatic carbocycles. The zero-order chi connectivity index (χ0) is 20.4. The van der Waals surface area contributed by atoms with E-state index in [1.54, 1.807) is 13.8 Å². The summed E-state index contributed by atoms with van der Waals surface area (Å²) >= 11 is 6.03. The Bertz CT molecular complexity index is 1050. The molecule has 0 unspecified atom stereocenters. The molecule has 0 aromatic heterocycles. The van der Waals surface area contributed by atoms with Gasteiger partial charge >= 0.3 is 0 Å². The van der Waals surface area contributed by atoms with Gasteiger partial charge in [-0.2, -0.15) is 4.31 Å². The fraction of sp³-hybridized carbons (Fsp3) is 0.294. The lowest BCUT2D eigenvalue weighted by atomic mass is 10.2. The summed E-state index contributed by atoms with van der Waals surface area (Å²) in [5, 5.41) is -0.0220. The molecule has 0 saturated carbocycles. The van der Waals surface area contributed by atoms with Gasteiger partial charge in [-0.25, -0.2) is 21.2 Å². The third kappa shape index (κ3) is 4.60. The first-order valence-electron chi connectivity index (χ1n) is 8.11. The molecule has 2 aromatic rings. The molecule has 2 rings (SSSR count). The number of hydrogen-bond acceptors (Lipinski definition) is 4. The molecule has 0 amide bonds. The number of rotatable bonds is 7. The smallest absolute Gasteiger partial charge is 0.261 e. The summed E-state index contributed by atoms with van der Waals surface area (Å²) < 4.78 is 67.5. The van der Waals surface area contributed by atoms with Gasteiger partial charge in [0.1, 0.15) is 10.7 Å². The maximum atomic E-state index is 13.7. The van der Waals surface area contributed by atoms with Crippen LogP contribution in [0.5, 0.6) is 0 Å². The molecule has 0 aliphatic heterocycles. The van der Waals surface area contributed by atoms with Gasteiger partial charge in [-0.05, 0) is 42.8 Å². The van der Waals surface area contributed by atoms with Crippen molar-refractivity contribution in [1.29, 1.82) is 0 Å². The molecule has 10 heteroatoms. The number of sulfonamides is 2. The van der Waals surface area contributed by atoms with Crippen LogP contribution in [-0.2, 0) is 20.0 Å². The topological polar surface area (TPSA) is 83.6 Å². The van der Waals surface area contributed by atoms with Gasteiger partial charge in [-0.15, -0.1) is 0 Å². The van der Waals surface area contributed by atoms with Crippen LogP contribution in [0.15, 0.2) is 46.2 Å². The normalized spacial score (nSPS) is 12.4. The van der Waals surface area contributed by atoms with E-state index in [0.29, 0.717) is 5.56 Å². The number of aryl methyl sites for hydroxylation is 1. The van der Waals surface area contributed by atoms with Gasteiger partial charge in [0, 0.05) is 13.1 Å². The molecule has 27 heavy (non-hydrogen) atoms. The summed E-state index contributed by atoms with van der Waals surface area (Å²) in [6.07, 6.45) is 0. The summed E-state index contributed by atoms with van der Waals surface area (Å²) in [5.41, 5.74) is 0.319. The predicted octanol–water partition coefficient (Wildman–Crippen LogP) is 3.62. The number of halogens is 2. The van der Waals surface area contributed by atoms with Gasteiger partial charge in [-0.1, -0.05) is 31.5 Å². The quantitative estimate of drug-likeness (QED) is 0.721. The van der Waals surface area contributed by atoms with E-state index in [4.69, 9.17) is 11.6 Å². The maximum Gasteiger partial charge on any atom is 0.261 e. The Morgan fingerprint density at radius 1 is 1.04 bits per heavy atom. The van der Waals surface area contributed by atoms with E-state index >= 15 is 0 Å². The van der Waals surface area contributed by atoms with Crippen LogP contribution in [0.3, 0.4) is 0 Å². The Hall–Kier alpha value is -1.68.